The number of nitrogens with zero attached hydrogens (tertiary/aromatic N) is 1. The molecule has 2 aromatic carbocycles. The molecular weight excluding hydrogens is 482 g/mol. The zero-order chi connectivity index (χ0) is 24.6. The lowest BCUT2D eigenvalue weighted by atomic mass is 10.1. The smallest absolute Gasteiger partial charge is 0.260 e. The summed E-state index contributed by atoms with van der Waals surface area (Å²) in [5.74, 6) is 1.48. The fourth-order valence-corrected chi connectivity index (χ4v) is 5.31. The third-order valence-corrected chi connectivity index (χ3v) is 6.94. The number of fused-ring (bicyclic) bond motifs is 1. The van der Waals surface area contributed by atoms with Crippen molar-refractivity contribution in [3.8, 4) is 22.6 Å². The van der Waals surface area contributed by atoms with Gasteiger partial charge in [-0.15, -0.1) is 11.3 Å². The summed E-state index contributed by atoms with van der Waals surface area (Å²) in [6.07, 6.45) is 0.668. The first-order valence-electron chi connectivity index (χ1n) is 11.4. The molecule has 2 aromatic heterocycles. The van der Waals surface area contributed by atoms with Crippen LogP contribution in [-0.2, 0) is 11.2 Å². The number of carbonyl (C=O) groups excluding carboxylic acids is 1. The first kappa shape index (κ1) is 24.8. The van der Waals surface area contributed by atoms with Gasteiger partial charge in [0.25, 0.3) is 5.56 Å². The summed E-state index contributed by atoms with van der Waals surface area (Å²) >= 11 is 2.64. The Kier molecular flexibility index (Phi) is 8.44. The van der Waals surface area contributed by atoms with Crippen LogP contribution >= 0.6 is 23.1 Å². The molecule has 0 aliphatic carbocycles. The summed E-state index contributed by atoms with van der Waals surface area (Å²) in [5, 5.41) is 5.88. The fraction of sp³-hybridized carbons (Fsp3) is 0.269. The van der Waals surface area contributed by atoms with Gasteiger partial charge in [-0.3, -0.25) is 9.59 Å². The van der Waals surface area contributed by atoms with Gasteiger partial charge in [0.15, 0.2) is 16.7 Å². The van der Waals surface area contributed by atoms with Crippen molar-refractivity contribution in [2.24, 2.45) is 0 Å². The largest absolute Gasteiger partial charge is 0.490 e. The van der Waals surface area contributed by atoms with E-state index in [1.165, 1.54) is 23.1 Å². The number of hydrogen-bond acceptors (Lipinski definition) is 7. The highest BCUT2D eigenvalue weighted by molar-refractivity contribution is 7.99. The Hall–Kier alpha value is -3.30. The van der Waals surface area contributed by atoms with E-state index in [1.54, 1.807) is 0 Å². The Labute approximate surface area is 211 Å². The zero-order valence-corrected chi connectivity index (χ0v) is 21.3. The SMILES string of the molecule is CCOc1ccc(CCNC(=O)CSc2nc3scc(-c4ccccc4)c3c(=O)[nH]2)cc1OCC. The first-order chi connectivity index (χ1) is 17.1. The normalized spacial score (nSPS) is 10.9. The van der Waals surface area contributed by atoms with E-state index in [-0.39, 0.29) is 17.2 Å². The van der Waals surface area contributed by atoms with Gasteiger partial charge in [-0.05, 0) is 43.5 Å². The molecule has 2 heterocycles. The molecule has 7 nitrogen and oxygen atoms in total. The second kappa shape index (κ2) is 11.9. The van der Waals surface area contributed by atoms with Crippen molar-refractivity contribution in [1.82, 2.24) is 15.3 Å². The van der Waals surface area contributed by atoms with Crippen molar-refractivity contribution in [2.75, 3.05) is 25.5 Å². The standard InChI is InChI=1S/C26H27N3O4S2/c1-3-32-20-11-10-17(14-21(20)33-4-2)12-13-27-22(30)16-35-26-28-24(31)23-19(15-34-25(23)29-26)18-8-6-5-7-9-18/h5-11,14-15H,3-4,12-13,16H2,1-2H3,(H,27,30)(H,28,29,31). The van der Waals surface area contributed by atoms with Crippen LogP contribution in [0.5, 0.6) is 11.5 Å². The van der Waals surface area contributed by atoms with Gasteiger partial charge in [0.2, 0.25) is 5.91 Å². The van der Waals surface area contributed by atoms with Crippen LogP contribution in [0.2, 0.25) is 0 Å². The van der Waals surface area contributed by atoms with E-state index in [0.29, 0.717) is 47.3 Å². The summed E-state index contributed by atoms with van der Waals surface area (Å²) in [5.41, 5.74) is 2.70. The van der Waals surface area contributed by atoms with Crippen molar-refractivity contribution in [1.29, 1.82) is 0 Å². The number of aromatic nitrogens is 2. The van der Waals surface area contributed by atoms with Crippen molar-refractivity contribution in [2.45, 2.75) is 25.4 Å². The maximum Gasteiger partial charge on any atom is 0.260 e. The van der Waals surface area contributed by atoms with Gasteiger partial charge < -0.3 is 19.8 Å². The van der Waals surface area contributed by atoms with Gasteiger partial charge in [-0.25, -0.2) is 4.98 Å². The maximum atomic E-state index is 12.7. The molecule has 0 saturated heterocycles. The Morgan fingerprint density at radius 1 is 1.09 bits per heavy atom. The predicted octanol–water partition coefficient (Wildman–Crippen LogP) is 4.90. The van der Waals surface area contributed by atoms with Crippen LogP contribution in [0.3, 0.4) is 0 Å². The lowest BCUT2D eigenvalue weighted by Gasteiger charge is -2.12. The number of carbonyl (C=O) groups is 1. The number of benzene rings is 2. The Morgan fingerprint density at radius 3 is 2.63 bits per heavy atom. The topological polar surface area (TPSA) is 93.3 Å². The molecule has 182 valence electrons. The minimum absolute atomic E-state index is 0.120. The number of hydrogen-bond donors (Lipinski definition) is 2. The quantitative estimate of drug-likeness (QED) is 0.221. The third-order valence-electron chi connectivity index (χ3n) is 5.19. The van der Waals surface area contributed by atoms with Crippen LogP contribution in [-0.4, -0.2) is 41.4 Å². The lowest BCUT2D eigenvalue weighted by molar-refractivity contribution is -0.118. The summed E-state index contributed by atoms with van der Waals surface area (Å²) < 4.78 is 11.3. The number of aromatic amines is 1. The van der Waals surface area contributed by atoms with Gasteiger partial charge in [0.1, 0.15) is 4.83 Å². The molecule has 1 amide bonds. The molecule has 0 radical (unpaired) electrons. The highest BCUT2D eigenvalue weighted by Crippen LogP contribution is 2.31. The van der Waals surface area contributed by atoms with Gasteiger partial charge in [0.05, 0.1) is 24.4 Å². The molecule has 9 heteroatoms. The minimum atomic E-state index is -0.196. The number of nitrogens with one attached hydrogen (secondary N) is 2. The molecule has 0 saturated carbocycles. The fourth-order valence-electron chi connectivity index (χ4n) is 3.61. The van der Waals surface area contributed by atoms with E-state index >= 15 is 0 Å². The van der Waals surface area contributed by atoms with Crippen LogP contribution in [0.15, 0.2) is 63.9 Å². The molecule has 4 aromatic rings. The molecule has 0 atom stereocenters. The van der Waals surface area contributed by atoms with Crippen LogP contribution in [0.4, 0.5) is 0 Å². The van der Waals surface area contributed by atoms with E-state index in [1.807, 2.05) is 67.8 Å². The molecule has 0 unspecified atom stereocenters. The second-order valence-electron chi connectivity index (χ2n) is 7.60. The van der Waals surface area contributed by atoms with E-state index in [4.69, 9.17) is 9.47 Å². The molecular formula is C26H27N3O4S2. The van der Waals surface area contributed by atoms with Crippen LogP contribution in [0.1, 0.15) is 19.4 Å². The minimum Gasteiger partial charge on any atom is -0.490 e. The monoisotopic (exact) mass is 509 g/mol. The van der Waals surface area contributed by atoms with E-state index in [0.717, 1.165) is 22.4 Å². The molecule has 0 bridgehead atoms. The Morgan fingerprint density at radius 2 is 1.86 bits per heavy atom. The predicted molar refractivity (Wildman–Crippen MR) is 142 cm³/mol. The summed E-state index contributed by atoms with van der Waals surface area (Å²) in [6.45, 7) is 5.48. The van der Waals surface area contributed by atoms with E-state index in [2.05, 4.69) is 15.3 Å². The van der Waals surface area contributed by atoms with Gasteiger partial charge in [0, 0.05) is 17.5 Å². The van der Waals surface area contributed by atoms with Gasteiger partial charge in [-0.1, -0.05) is 48.2 Å². The van der Waals surface area contributed by atoms with E-state index in [9.17, 15) is 9.59 Å². The third kappa shape index (κ3) is 6.23. The van der Waals surface area contributed by atoms with E-state index < -0.39 is 0 Å². The average molecular weight is 510 g/mol. The van der Waals surface area contributed by atoms with Crippen molar-refractivity contribution >= 4 is 39.2 Å². The summed E-state index contributed by atoms with van der Waals surface area (Å²) in [7, 11) is 0. The van der Waals surface area contributed by atoms with Crippen LogP contribution in [0, 0.1) is 0 Å². The Bertz CT molecular complexity index is 1350. The Balaban J connectivity index is 1.32. The number of H-pyrrole nitrogens is 1. The highest BCUT2D eigenvalue weighted by Gasteiger charge is 2.14. The molecule has 0 fully saturated rings. The van der Waals surface area contributed by atoms with Crippen molar-refractivity contribution in [3.63, 3.8) is 0 Å². The number of thioether (sulfide) groups is 1. The number of rotatable bonds is 11. The lowest BCUT2D eigenvalue weighted by Crippen LogP contribution is -2.27. The van der Waals surface area contributed by atoms with Crippen molar-refractivity contribution in [3.05, 3.63) is 69.8 Å². The molecule has 0 aliphatic heterocycles. The number of ether oxygens (including phenoxy) is 2. The molecule has 4 rings (SSSR count). The molecule has 2 N–H and O–H groups in total. The number of thiophene rings is 1. The molecule has 0 spiro atoms. The average Bonchev–Trinajstić information content (AvgIpc) is 3.30. The van der Waals surface area contributed by atoms with Gasteiger partial charge in [-0.2, -0.15) is 0 Å². The first-order valence-corrected chi connectivity index (χ1v) is 13.3. The highest BCUT2D eigenvalue weighted by atomic mass is 32.2. The summed E-state index contributed by atoms with van der Waals surface area (Å²) in [4.78, 5) is 33.1. The maximum absolute atomic E-state index is 12.7. The van der Waals surface area contributed by atoms with Crippen LogP contribution in [0.25, 0.3) is 21.3 Å². The molecule has 0 aliphatic rings. The molecule has 35 heavy (non-hydrogen) atoms. The number of amides is 1. The van der Waals surface area contributed by atoms with Crippen LogP contribution < -0.4 is 20.3 Å². The zero-order valence-electron chi connectivity index (χ0n) is 19.6. The second-order valence-corrected chi connectivity index (χ2v) is 9.42. The summed E-state index contributed by atoms with van der Waals surface area (Å²) in [6, 6.07) is 15.6. The van der Waals surface area contributed by atoms with Crippen molar-refractivity contribution < 1.29 is 14.3 Å². The van der Waals surface area contributed by atoms with Gasteiger partial charge >= 0.3 is 0 Å².